The topological polar surface area (TPSA) is 20.3 Å². The molecular formula is C15H14FNOS2. The standard InChI is InChI=1S/C15H14FNOS2/c1-9-11-5-7-20-14(11)4-6-17(9)15(18)12-8-10(19)2-3-13(12)16/h2-3,5,7-9,19H,4,6H2,1H3. The molecule has 1 aromatic carbocycles. The minimum atomic E-state index is -0.490. The zero-order chi connectivity index (χ0) is 14.3. The summed E-state index contributed by atoms with van der Waals surface area (Å²) in [6, 6.07) is 6.37. The van der Waals surface area contributed by atoms with E-state index in [0.29, 0.717) is 11.4 Å². The molecule has 2 aromatic rings. The van der Waals surface area contributed by atoms with E-state index < -0.39 is 5.82 Å². The molecule has 0 spiro atoms. The van der Waals surface area contributed by atoms with Gasteiger partial charge in [0.05, 0.1) is 11.6 Å². The molecule has 1 unspecified atom stereocenters. The maximum absolute atomic E-state index is 13.9. The van der Waals surface area contributed by atoms with E-state index in [0.717, 1.165) is 6.42 Å². The molecule has 0 bridgehead atoms. The predicted octanol–water partition coefficient (Wildman–Crippen LogP) is 3.94. The molecule has 2 heterocycles. The Bertz CT molecular complexity index is 668. The fourth-order valence-electron chi connectivity index (χ4n) is 2.62. The summed E-state index contributed by atoms with van der Waals surface area (Å²) < 4.78 is 13.9. The Morgan fingerprint density at radius 1 is 1.45 bits per heavy atom. The van der Waals surface area contributed by atoms with Crippen molar-refractivity contribution in [1.29, 1.82) is 0 Å². The van der Waals surface area contributed by atoms with Crippen LogP contribution in [0.4, 0.5) is 4.39 Å². The second kappa shape index (κ2) is 5.22. The number of carbonyl (C=O) groups excluding carboxylic acids is 1. The summed E-state index contributed by atoms with van der Waals surface area (Å²) in [7, 11) is 0. The lowest BCUT2D eigenvalue weighted by Gasteiger charge is -2.33. The molecule has 3 rings (SSSR count). The number of benzene rings is 1. The van der Waals surface area contributed by atoms with Gasteiger partial charge in [-0.25, -0.2) is 4.39 Å². The number of nitrogens with zero attached hydrogens (tertiary/aromatic N) is 1. The van der Waals surface area contributed by atoms with Gasteiger partial charge in [0.1, 0.15) is 5.82 Å². The van der Waals surface area contributed by atoms with Gasteiger partial charge in [-0.1, -0.05) is 0 Å². The molecule has 0 fully saturated rings. The van der Waals surface area contributed by atoms with Crippen molar-refractivity contribution >= 4 is 29.9 Å². The monoisotopic (exact) mass is 307 g/mol. The number of halogens is 1. The minimum Gasteiger partial charge on any atom is -0.331 e. The number of fused-ring (bicyclic) bond motifs is 1. The van der Waals surface area contributed by atoms with Crippen molar-refractivity contribution in [1.82, 2.24) is 4.90 Å². The molecule has 0 saturated carbocycles. The number of amides is 1. The Morgan fingerprint density at radius 3 is 3.05 bits per heavy atom. The van der Waals surface area contributed by atoms with Crippen molar-refractivity contribution < 1.29 is 9.18 Å². The zero-order valence-electron chi connectivity index (χ0n) is 11.0. The summed E-state index contributed by atoms with van der Waals surface area (Å²) in [6.45, 7) is 2.62. The van der Waals surface area contributed by atoms with Crippen LogP contribution in [0.1, 0.15) is 33.8 Å². The molecule has 20 heavy (non-hydrogen) atoms. The summed E-state index contributed by atoms with van der Waals surface area (Å²) in [6.07, 6.45) is 0.839. The average Bonchev–Trinajstić information content (AvgIpc) is 2.90. The summed E-state index contributed by atoms with van der Waals surface area (Å²) >= 11 is 5.90. The van der Waals surface area contributed by atoms with Crippen LogP contribution in [0.2, 0.25) is 0 Å². The summed E-state index contributed by atoms with van der Waals surface area (Å²) in [5.41, 5.74) is 1.28. The lowest BCUT2D eigenvalue weighted by Crippen LogP contribution is -2.38. The van der Waals surface area contributed by atoms with Crippen molar-refractivity contribution in [2.45, 2.75) is 24.3 Å². The number of thiophene rings is 1. The number of thiol groups is 1. The van der Waals surface area contributed by atoms with Gasteiger partial charge < -0.3 is 4.90 Å². The van der Waals surface area contributed by atoms with Crippen molar-refractivity contribution in [3.63, 3.8) is 0 Å². The van der Waals surface area contributed by atoms with Crippen molar-refractivity contribution in [3.8, 4) is 0 Å². The molecule has 1 amide bonds. The van der Waals surface area contributed by atoms with Gasteiger partial charge in [-0.15, -0.1) is 24.0 Å². The van der Waals surface area contributed by atoms with E-state index in [-0.39, 0.29) is 17.5 Å². The van der Waals surface area contributed by atoms with Crippen LogP contribution in [0.25, 0.3) is 0 Å². The van der Waals surface area contributed by atoms with Crippen LogP contribution in [0, 0.1) is 5.82 Å². The van der Waals surface area contributed by atoms with Gasteiger partial charge in [-0.3, -0.25) is 4.79 Å². The van der Waals surface area contributed by atoms with E-state index in [2.05, 4.69) is 18.7 Å². The highest BCUT2D eigenvalue weighted by Crippen LogP contribution is 2.34. The van der Waals surface area contributed by atoms with Crippen LogP contribution >= 0.6 is 24.0 Å². The van der Waals surface area contributed by atoms with Crippen LogP contribution in [-0.2, 0) is 6.42 Å². The lowest BCUT2D eigenvalue weighted by molar-refractivity contribution is 0.0674. The highest BCUT2D eigenvalue weighted by atomic mass is 32.1. The van der Waals surface area contributed by atoms with Crippen LogP contribution in [-0.4, -0.2) is 17.4 Å². The molecule has 1 aliphatic rings. The lowest BCUT2D eigenvalue weighted by atomic mass is 10.0. The Morgan fingerprint density at radius 2 is 2.25 bits per heavy atom. The van der Waals surface area contributed by atoms with Gasteiger partial charge in [0.15, 0.2) is 0 Å². The highest BCUT2D eigenvalue weighted by molar-refractivity contribution is 7.80. The van der Waals surface area contributed by atoms with Crippen LogP contribution in [0.5, 0.6) is 0 Å². The van der Waals surface area contributed by atoms with E-state index >= 15 is 0 Å². The SMILES string of the molecule is CC1c2ccsc2CCN1C(=O)c1cc(S)ccc1F. The molecule has 5 heteroatoms. The zero-order valence-corrected chi connectivity index (χ0v) is 12.7. The molecule has 0 N–H and O–H groups in total. The summed E-state index contributed by atoms with van der Waals surface area (Å²) in [5.74, 6) is -0.751. The molecule has 1 atom stereocenters. The molecule has 0 aliphatic carbocycles. The first kappa shape index (κ1) is 13.6. The van der Waals surface area contributed by atoms with Crippen LogP contribution in [0.3, 0.4) is 0 Å². The van der Waals surface area contributed by atoms with E-state index in [4.69, 9.17) is 0 Å². The second-order valence-electron chi connectivity index (χ2n) is 4.89. The van der Waals surface area contributed by atoms with Crippen molar-refractivity contribution in [2.24, 2.45) is 0 Å². The molecule has 1 aliphatic heterocycles. The third kappa shape index (κ3) is 2.25. The van der Waals surface area contributed by atoms with E-state index in [1.54, 1.807) is 22.3 Å². The Balaban J connectivity index is 1.94. The quantitative estimate of drug-likeness (QED) is 0.791. The number of carbonyl (C=O) groups is 1. The predicted molar refractivity (Wildman–Crippen MR) is 81.1 cm³/mol. The number of hydrogen-bond donors (Lipinski definition) is 1. The third-order valence-corrected chi connectivity index (χ3v) is 4.99. The van der Waals surface area contributed by atoms with Gasteiger partial charge in [0.2, 0.25) is 0 Å². The van der Waals surface area contributed by atoms with Gasteiger partial charge in [0.25, 0.3) is 5.91 Å². The van der Waals surface area contributed by atoms with Crippen molar-refractivity contribution in [3.05, 3.63) is 51.5 Å². The highest BCUT2D eigenvalue weighted by Gasteiger charge is 2.30. The molecular weight excluding hydrogens is 293 g/mol. The fraction of sp³-hybridized carbons (Fsp3) is 0.267. The normalized spacial score (nSPS) is 17.9. The first-order chi connectivity index (χ1) is 9.58. The molecule has 0 saturated heterocycles. The Kier molecular flexibility index (Phi) is 3.56. The molecule has 0 radical (unpaired) electrons. The third-order valence-electron chi connectivity index (χ3n) is 3.72. The first-order valence-corrected chi connectivity index (χ1v) is 7.76. The Labute approximate surface area is 126 Å². The summed E-state index contributed by atoms with van der Waals surface area (Å²) in [5, 5.41) is 2.05. The van der Waals surface area contributed by atoms with Gasteiger partial charge in [-0.05, 0) is 48.6 Å². The largest absolute Gasteiger partial charge is 0.331 e. The minimum absolute atomic E-state index is 0.0135. The van der Waals surface area contributed by atoms with Gasteiger partial charge in [-0.2, -0.15) is 0 Å². The molecule has 2 nitrogen and oxygen atoms in total. The van der Waals surface area contributed by atoms with Crippen molar-refractivity contribution in [2.75, 3.05) is 6.54 Å². The number of hydrogen-bond acceptors (Lipinski definition) is 3. The fourth-order valence-corrected chi connectivity index (χ4v) is 3.79. The van der Waals surface area contributed by atoms with E-state index in [1.165, 1.54) is 22.6 Å². The second-order valence-corrected chi connectivity index (χ2v) is 6.40. The summed E-state index contributed by atoms with van der Waals surface area (Å²) in [4.78, 5) is 16.2. The average molecular weight is 307 g/mol. The van der Waals surface area contributed by atoms with Crippen LogP contribution in [0.15, 0.2) is 34.5 Å². The Hall–Kier alpha value is -1.33. The van der Waals surface area contributed by atoms with E-state index in [1.807, 2.05) is 12.3 Å². The first-order valence-electron chi connectivity index (χ1n) is 6.43. The molecule has 104 valence electrons. The number of rotatable bonds is 1. The smallest absolute Gasteiger partial charge is 0.257 e. The van der Waals surface area contributed by atoms with E-state index in [9.17, 15) is 9.18 Å². The van der Waals surface area contributed by atoms with Crippen LogP contribution < -0.4 is 0 Å². The van der Waals surface area contributed by atoms with Gasteiger partial charge in [0, 0.05) is 16.3 Å². The maximum Gasteiger partial charge on any atom is 0.257 e. The molecule has 1 aromatic heterocycles. The maximum atomic E-state index is 13.9. The van der Waals surface area contributed by atoms with Gasteiger partial charge >= 0.3 is 0 Å².